The Morgan fingerprint density at radius 1 is 1.38 bits per heavy atom. The molecular formula is C17H24F3NO4S. The quantitative estimate of drug-likeness (QED) is 0.484. The summed E-state index contributed by atoms with van der Waals surface area (Å²) in [5.41, 5.74) is -0.338. The van der Waals surface area contributed by atoms with Crippen LogP contribution in [0.1, 0.15) is 26.2 Å². The first-order valence-corrected chi connectivity index (χ1v) is 9.35. The number of rotatable bonds is 7. The number of hydrogen-bond acceptors (Lipinski definition) is 6. The van der Waals surface area contributed by atoms with Crippen LogP contribution < -0.4 is 0 Å². The van der Waals surface area contributed by atoms with E-state index >= 15 is 0 Å². The Kier molecular flexibility index (Phi) is 7.42. The van der Waals surface area contributed by atoms with Gasteiger partial charge < -0.3 is 14.2 Å². The van der Waals surface area contributed by atoms with Crippen molar-refractivity contribution in [3.05, 3.63) is 24.0 Å². The van der Waals surface area contributed by atoms with Gasteiger partial charge in [-0.2, -0.15) is 0 Å². The normalized spacial score (nSPS) is 25.0. The second-order valence-corrected chi connectivity index (χ2v) is 7.70. The molecule has 1 atom stereocenters. The lowest BCUT2D eigenvalue weighted by molar-refractivity contribution is -0.303. The van der Waals surface area contributed by atoms with E-state index in [-0.39, 0.29) is 23.2 Å². The van der Waals surface area contributed by atoms with E-state index in [0.717, 1.165) is 25.9 Å². The highest BCUT2D eigenvalue weighted by atomic mass is 32.2. The summed E-state index contributed by atoms with van der Waals surface area (Å²) in [5, 5.41) is 0. The van der Waals surface area contributed by atoms with Gasteiger partial charge in [-0.15, -0.1) is 13.2 Å². The molecule has 0 bridgehead atoms. The van der Waals surface area contributed by atoms with Crippen LogP contribution in [0.2, 0.25) is 0 Å². The molecular weight excluding hydrogens is 371 g/mol. The summed E-state index contributed by atoms with van der Waals surface area (Å²) >= 11 is 1.46. The molecule has 1 heterocycles. The first-order valence-electron chi connectivity index (χ1n) is 8.40. The summed E-state index contributed by atoms with van der Waals surface area (Å²) in [6.07, 6.45) is 2.11. The van der Waals surface area contributed by atoms with Crippen molar-refractivity contribution < 1.29 is 32.2 Å². The van der Waals surface area contributed by atoms with E-state index in [4.69, 9.17) is 4.74 Å². The van der Waals surface area contributed by atoms with Crippen LogP contribution in [0.5, 0.6) is 0 Å². The van der Waals surface area contributed by atoms with E-state index in [2.05, 4.69) is 13.8 Å². The van der Waals surface area contributed by atoms with Crippen LogP contribution in [0.15, 0.2) is 24.0 Å². The van der Waals surface area contributed by atoms with Gasteiger partial charge in [0, 0.05) is 18.5 Å². The molecule has 0 saturated carbocycles. The minimum Gasteiger partial charge on any atom is -0.468 e. The van der Waals surface area contributed by atoms with E-state index < -0.39 is 6.36 Å². The van der Waals surface area contributed by atoms with Gasteiger partial charge in [-0.3, -0.25) is 4.79 Å². The summed E-state index contributed by atoms with van der Waals surface area (Å²) < 4.78 is 53.3. The van der Waals surface area contributed by atoms with Crippen LogP contribution in [0.25, 0.3) is 0 Å². The Morgan fingerprint density at radius 3 is 2.62 bits per heavy atom. The zero-order chi connectivity index (χ0) is 19.2. The van der Waals surface area contributed by atoms with Gasteiger partial charge in [0.25, 0.3) is 0 Å². The second-order valence-electron chi connectivity index (χ2n) is 6.63. The number of allylic oxidation sites excluding steroid dienone is 2. The summed E-state index contributed by atoms with van der Waals surface area (Å²) in [7, 11) is 1.37. The van der Waals surface area contributed by atoms with Crippen molar-refractivity contribution in [3.63, 3.8) is 0 Å². The Balaban J connectivity index is 1.69. The summed E-state index contributed by atoms with van der Waals surface area (Å²) in [4.78, 5) is 11.2. The van der Waals surface area contributed by atoms with E-state index in [1.807, 2.05) is 6.92 Å². The van der Waals surface area contributed by atoms with E-state index in [9.17, 15) is 18.0 Å². The highest BCUT2D eigenvalue weighted by molar-refractivity contribution is 7.97. The molecule has 1 aliphatic heterocycles. The van der Waals surface area contributed by atoms with Crippen molar-refractivity contribution in [1.29, 1.82) is 0 Å². The highest BCUT2D eigenvalue weighted by Gasteiger charge is 2.33. The number of hydrogen-bond donors (Lipinski definition) is 0. The fourth-order valence-electron chi connectivity index (χ4n) is 2.71. The number of piperidine rings is 1. The fourth-order valence-corrected chi connectivity index (χ4v) is 3.58. The standard InChI is InChI=1S/C17H24F3NO4S/c1-16(7-3-14(4-8-16)25-17(18,19)20)12-24-13-5-9-21(10-6-13)26-11-15(22)23-2/h3-4,7,13H,5-6,8-12H2,1-2H3. The number of carbonyl (C=O) groups is 1. The van der Waals surface area contributed by atoms with Crippen LogP contribution in [0, 0.1) is 5.41 Å². The van der Waals surface area contributed by atoms with Crippen LogP contribution in [0.4, 0.5) is 13.2 Å². The molecule has 5 nitrogen and oxygen atoms in total. The van der Waals surface area contributed by atoms with Crippen molar-refractivity contribution in [3.8, 4) is 0 Å². The maximum atomic E-state index is 12.2. The Bertz CT molecular complexity index is 545. The highest BCUT2D eigenvalue weighted by Crippen LogP contribution is 2.33. The molecule has 1 fully saturated rings. The fraction of sp³-hybridized carbons (Fsp3) is 0.706. The van der Waals surface area contributed by atoms with Crippen LogP contribution in [0.3, 0.4) is 0 Å². The van der Waals surface area contributed by atoms with E-state index in [1.54, 1.807) is 6.08 Å². The summed E-state index contributed by atoms with van der Waals surface area (Å²) in [5.74, 6) is -0.113. The van der Waals surface area contributed by atoms with Gasteiger partial charge in [-0.1, -0.05) is 24.9 Å². The molecule has 1 aliphatic carbocycles. The number of methoxy groups -OCH3 is 1. The van der Waals surface area contributed by atoms with Crippen molar-refractivity contribution in [2.45, 2.75) is 38.7 Å². The number of halogens is 3. The number of carbonyl (C=O) groups excluding carboxylic acids is 1. The molecule has 2 aliphatic rings. The maximum Gasteiger partial charge on any atom is 0.573 e. The minimum absolute atomic E-state index is 0.118. The smallest absolute Gasteiger partial charge is 0.468 e. The molecule has 0 amide bonds. The predicted octanol–water partition coefficient (Wildman–Crippen LogP) is 3.68. The minimum atomic E-state index is -4.67. The van der Waals surface area contributed by atoms with Crippen molar-refractivity contribution >= 4 is 17.9 Å². The number of esters is 1. The van der Waals surface area contributed by atoms with E-state index in [0.29, 0.717) is 18.8 Å². The molecule has 0 aromatic rings. The maximum absolute atomic E-state index is 12.2. The lowest BCUT2D eigenvalue weighted by Crippen LogP contribution is -2.35. The molecule has 1 unspecified atom stereocenters. The van der Waals surface area contributed by atoms with Crippen molar-refractivity contribution in [2.24, 2.45) is 5.41 Å². The van der Waals surface area contributed by atoms with E-state index in [1.165, 1.54) is 31.2 Å². The van der Waals surface area contributed by atoms with Gasteiger partial charge in [0.05, 0.1) is 19.8 Å². The number of alkyl halides is 3. The molecule has 148 valence electrons. The van der Waals surface area contributed by atoms with Gasteiger partial charge >= 0.3 is 12.3 Å². The molecule has 2 rings (SSSR count). The third-order valence-corrected chi connectivity index (χ3v) is 5.39. The molecule has 0 N–H and O–H groups in total. The molecule has 9 heteroatoms. The molecule has 0 aromatic carbocycles. The number of ether oxygens (including phenoxy) is 3. The largest absolute Gasteiger partial charge is 0.573 e. The van der Waals surface area contributed by atoms with Crippen molar-refractivity contribution in [2.75, 3.05) is 32.6 Å². The second kappa shape index (κ2) is 9.14. The van der Waals surface area contributed by atoms with Gasteiger partial charge in [-0.25, -0.2) is 4.31 Å². The van der Waals surface area contributed by atoms with Crippen molar-refractivity contribution in [1.82, 2.24) is 4.31 Å². The molecule has 0 radical (unpaired) electrons. The van der Waals surface area contributed by atoms with Crippen LogP contribution >= 0.6 is 11.9 Å². The Labute approximate surface area is 155 Å². The van der Waals surface area contributed by atoms with Gasteiger partial charge in [0.2, 0.25) is 0 Å². The topological polar surface area (TPSA) is 48.0 Å². The monoisotopic (exact) mass is 395 g/mol. The Morgan fingerprint density at radius 2 is 2.08 bits per heavy atom. The number of nitrogens with zero attached hydrogens (tertiary/aromatic N) is 1. The SMILES string of the molecule is COC(=O)CSN1CCC(OCC2(C)C=CC(OC(F)(F)F)=CC2)CC1. The Hall–Kier alpha value is -1.19. The van der Waals surface area contributed by atoms with Gasteiger partial charge in [0.1, 0.15) is 11.5 Å². The zero-order valence-corrected chi connectivity index (χ0v) is 15.7. The molecule has 0 spiro atoms. The zero-order valence-electron chi connectivity index (χ0n) is 14.9. The average molecular weight is 395 g/mol. The third kappa shape index (κ3) is 7.20. The molecule has 0 aromatic heterocycles. The summed E-state index contributed by atoms with van der Waals surface area (Å²) in [6, 6.07) is 0. The van der Waals surface area contributed by atoms with Crippen LogP contribution in [-0.4, -0.2) is 55.3 Å². The average Bonchev–Trinajstić information content (AvgIpc) is 2.60. The first kappa shape index (κ1) is 21.1. The van der Waals surface area contributed by atoms with Crippen LogP contribution in [-0.2, 0) is 19.0 Å². The predicted molar refractivity (Wildman–Crippen MR) is 92.1 cm³/mol. The molecule has 26 heavy (non-hydrogen) atoms. The molecule has 1 saturated heterocycles. The van der Waals surface area contributed by atoms with Gasteiger partial charge in [0.15, 0.2) is 0 Å². The first-order chi connectivity index (χ1) is 12.2. The van der Waals surface area contributed by atoms with Gasteiger partial charge in [-0.05, 0) is 31.4 Å². The summed E-state index contributed by atoms with van der Waals surface area (Å²) in [6.45, 7) is 4.04. The lowest BCUT2D eigenvalue weighted by atomic mass is 9.84. The third-order valence-electron chi connectivity index (χ3n) is 4.30. The lowest BCUT2D eigenvalue weighted by Gasteiger charge is -2.34.